The molecule has 0 heterocycles. The van der Waals surface area contributed by atoms with Gasteiger partial charge in [-0.2, -0.15) is 0 Å². The lowest BCUT2D eigenvalue weighted by Crippen LogP contribution is -2.42. The lowest BCUT2D eigenvalue weighted by molar-refractivity contribution is 0.238. The monoisotopic (exact) mass is 348 g/mol. The maximum absolute atomic E-state index is 13.5. The predicted octanol–water partition coefficient (Wildman–Crippen LogP) is 4.30. The van der Waals surface area contributed by atoms with Crippen molar-refractivity contribution in [2.45, 2.75) is 25.7 Å². The molecule has 24 heavy (non-hydrogen) atoms. The molecule has 0 spiro atoms. The fraction of sp³-hybridized carbons (Fsp3) is 0.316. The van der Waals surface area contributed by atoms with Crippen molar-refractivity contribution in [3.8, 4) is 0 Å². The first-order valence-electron chi connectivity index (χ1n) is 7.90. The molecule has 2 rings (SSSR count). The molecule has 0 saturated heterocycles. The maximum atomic E-state index is 13.5. The summed E-state index contributed by atoms with van der Waals surface area (Å²) in [6.07, 6.45) is 0.459. The van der Waals surface area contributed by atoms with Crippen molar-refractivity contribution < 1.29 is 9.18 Å². The van der Waals surface area contributed by atoms with Crippen LogP contribution in [0.25, 0.3) is 0 Å². The topological polar surface area (TPSA) is 41.1 Å². The van der Waals surface area contributed by atoms with E-state index in [9.17, 15) is 9.18 Å². The van der Waals surface area contributed by atoms with Gasteiger partial charge in [-0.05, 0) is 35.7 Å². The lowest BCUT2D eigenvalue weighted by atomic mass is 9.85. The van der Waals surface area contributed by atoms with E-state index >= 15 is 0 Å². The zero-order chi connectivity index (χ0) is 17.6. The van der Waals surface area contributed by atoms with Crippen LogP contribution in [-0.2, 0) is 11.8 Å². The van der Waals surface area contributed by atoms with Gasteiger partial charge in [0.15, 0.2) is 0 Å². The van der Waals surface area contributed by atoms with Crippen molar-refractivity contribution >= 4 is 17.6 Å². The molecule has 2 aromatic carbocycles. The first-order chi connectivity index (χ1) is 11.4. The van der Waals surface area contributed by atoms with Crippen molar-refractivity contribution in [3.05, 3.63) is 70.5 Å². The van der Waals surface area contributed by atoms with E-state index < -0.39 is 0 Å². The van der Waals surface area contributed by atoms with E-state index in [4.69, 9.17) is 11.6 Å². The van der Waals surface area contributed by atoms with E-state index in [1.54, 1.807) is 18.2 Å². The quantitative estimate of drug-likeness (QED) is 0.803. The zero-order valence-corrected chi connectivity index (χ0v) is 14.7. The van der Waals surface area contributed by atoms with Crippen LogP contribution in [0.3, 0.4) is 0 Å². The molecule has 5 heteroatoms. The molecule has 0 fully saturated rings. The van der Waals surface area contributed by atoms with Crippen molar-refractivity contribution in [2.75, 3.05) is 13.1 Å². The molecule has 0 aliphatic rings. The smallest absolute Gasteiger partial charge is 0.314 e. The van der Waals surface area contributed by atoms with Crippen LogP contribution in [-0.4, -0.2) is 19.1 Å². The molecule has 0 radical (unpaired) electrons. The minimum atomic E-state index is -0.256. The third-order valence-electron chi connectivity index (χ3n) is 3.95. The molecule has 0 bridgehead atoms. The molecule has 2 aromatic rings. The Morgan fingerprint density at radius 1 is 1.08 bits per heavy atom. The second-order valence-corrected chi connectivity index (χ2v) is 6.78. The van der Waals surface area contributed by atoms with Crippen LogP contribution in [0.2, 0.25) is 5.02 Å². The van der Waals surface area contributed by atoms with E-state index in [2.05, 4.69) is 24.5 Å². The number of halogens is 2. The van der Waals surface area contributed by atoms with Crippen LogP contribution in [0.5, 0.6) is 0 Å². The van der Waals surface area contributed by atoms with Gasteiger partial charge in [-0.15, -0.1) is 0 Å². The normalized spacial score (nSPS) is 11.2. The van der Waals surface area contributed by atoms with E-state index in [0.29, 0.717) is 30.1 Å². The fourth-order valence-corrected chi connectivity index (χ4v) is 2.50. The molecular weight excluding hydrogens is 327 g/mol. The summed E-state index contributed by atoms with van der Waals surface area (Å²) >= 11 is 5.90. The molecule has 0 saturated carbocycles. The van der Waals surface area contributed by atoms with Crippen LogP contribution < -0.4 is 10.6 Å². The van der Waals surface area contributed by atoms with Gasteiger partial charge in [0.25, 0.3) is 0 Å². The van der Waals surface area contributed by atoms with Gasteiger partial charge < -0.3 is 10.6 Å². The Bertz CT molecular complexity index is 686. The zero-order valence-electron chi connectivity index (χ0n) is 13.9. The highest BCUT2D eigenvalue weighted by Gasteiger charge is 2.21. The minimum absolute atomic E-state index is 0.215. The van der Waals surface area contributed by atoms with Crippen molar-refractivity contribution in [1.29, 1.82) is 0 Å². The third kappa shape index (κ3) is 5.24. The highest BCUT2D eigenvalue weighted by Crippen LogP contribution is 2.23. The van der Waals surface area contributed by atoms with Gasteiger partial charge in [0, 0.05) is 23.5 Å². The van der Waals surface area contributed by atoms with Crippen LogP contribution in [0.4, 0.5) is 9.18 Å². The average Bonchev–Trinajstić information content (AvgIpc) is 2.55. The van der Waals surface area contributed by atoms with E-state index in [1.807, 2.05) is 24.3 Å². The molecule has 3 nitrogen and oxygen atoms in total. The number of hydrogen-bond acceptors (Lipinski definition) is 1. The summed E-state index contributed by atoms with van der Waals surface area (Å²) in [6, 6.07) is 13.9. The molecule has 0 unspecified atom stereocenters. The fourth-order valence-electron chi connectivity index (χ4n) is 2.38. The summed E-state index contributed by atoms with van der Waals surface area (Å²) in [5.41, 5.74) is 1.48. The van der Waals surface area contributed by atoms with E-state index in [0.717, 1.165) is 5.56 Å². The standard InChI is InChI=1S/C19H22ClFN2O/c1-19(2,15-7-9-16(20)10-8-15)13-23-18(24)22-12-11-14-5-3-4-6-17(14)21/h3-10H,11-13H2,1-2H3,(H2,22,23,24). The first kappa shape index (κ1) is 18.3. The van der Waals surface area contributed by atoms with Gasteiger partial charge in [-0.1, -0.05) is 55.8 Å². The molecule has 128 valence electrons. The van der Waals surface area contributed by atoms with Gasteiger partial charge in [0.2, 0.25) is 0 Å². The molecular formula is C19H22ClFN2O. The lowest BCUT2D eigenvalue weighted by Gasteiger charge is -2.25. The number of amides is 2. The van der Waals surface area contributed by atoms with Gasteiger partial charge in [-0.3, -0.25) is 0 Å². The second kappa shape index (κ2) is 8.15. The van der Waals surface area contributed by atoms with Crippen LogP contribution >= 0.6 is 11.6 Å². The Kier molecular flexibility index (Phi) is 6.21. The Labute approximate surface area is 147 Å². The number of urea groups is 1. The summed E-state index contributed by atoms with van der Waals surface area (Å²) in [6.45, 7) is 4.97. The number of benzene rings is 2. The Hall–Kier alpha value is -2.07. The molecule has 0 aliphatic heterocycles. The van der Waals surface area contributed by atoms with Crippen molar-refractivity contribution in [2.24, 2.45) is 0 Å². The highest BCUT2D eigenvalue weighted by molar-refractivity contribution is 6.30. The van der Waals surface area contributed by atoms with Crippen LogP contribution in [0, 0.1) is 5.82 Å². The summed E-state index contributed by atoms with van der Waals surface area (Å²) < 4.78 is 13.5. The highest BCUT2D eigenvalue weighted by atomic mass is 35.5. The molecule has 0 aliphatic carbocycles. The summed E-state index contributed by atoms with van der Waals surface area (Å²) in [5.74, 6) is -0.247. The predicted molar refractivity (Wildman–Crippen MR) is 96.0 cm³/mol. The summed E-state index contributed by atoms with van der Waals surface area (Å²) in [5, 5.41) is 6.30. The maximum Gasteiger partial charge on any atom is 0.314 e. The molecule has 2 amide bonds. The average molecular weight is 349 g/mol. The Morgan fingerprint density at radius 3 is 2.42 bits per heavy atom. The molecule has 2 N–H and O–H groups in total. The number of carbonyl (C=O) groups excluding carboxylic acids is 1. The SMILES string of the molecule is CC(C)(CNC(=O)NCCc1ccccc1F)c1ccc(Cl)cc1. The van der Waals surface area contributed by atoms with Gasteiger partial charge in [-0.25, -0.2) is 9.18 Å². The number of hydrogen-bond donors (Lipinski definition) is 2. The first-order valence-corrected chi connectivity index (χ1v) is 8.27. The summed E-state index contributed by atoms with van der Waals surface area (Å²) in [4.78, 5) is 11.9. The summed E-state index contributed by atoms with van der Waals surface area (Å²) in [7, 11) is 0. The number of nitrogens with one attached hydrogen (secondary N) is 2. The van der Waals surface area contributed by atoms with Gasteiger partial charge >= 0.3 is 6.03 Å². The van der Waals surface area contributed by atoms with Gasteiger partial charge in [0.05, 0.1) is 0 Å². The molecule has 0 aromatic heterocycles. The molecule has 0 atom stereocenters. The number of carbonyl (C=O) groups is 1. The van der Waals surface area contributed by atoms with Crippen molar-refractivity contribution in [1.82, 2.24) is 10.6 Å². The Balaban J connectivity index is 1.78. The van der Waals surface area contributed by atoms with Gasteiger partial charge in [0.1, 0.15) is 5.82 Å². The second-order valence-electron chi connectivity index (χ2n) is 6.34. The third-order valence-corrected chi connectivity index (χ3v) is 4.21. The minimum Gasteiger partial charge on any atom is -0.338 e. The Morgan fingerprint density at radius 2 is 1.75 bits per heavy atom. The van der Waals surface area contributed by atoms with Crippen molar-refractivity contribution in [3.63, 3.8) is 0 Å². The van der Waals surface area contributed by atoms with E-state index in [1.165, 1.54) is 6.07 Å². The van der Waals surface area contributed by atoms with Crippen LogP contribution in [0.1, 0.15) is 25.0 Å². The number of rotatable bonds is 6. The largest absolute Gasteiger partial charge is 0.338 e. The van der Waals surface area contributed by atoms with E-state index in [-0.39, 0.29) is 17.3 Å². The van der Waals surface area contributed by atoms with Crippen LogP contribution in [0.15, 0.2) is 48.5 Å².